The van der Waals surface area contributed by atoms with E-state index in [1.165, 1.54) is 0 Å². The fourth-order valence-corrected chi connectivity index (χ4v) is 8.76. The van der Waals surface area contributed by atoms with Gasteiger partial charge in [-0.25, -0.2) is 15.0 Å². The molecule has 0 radical (unpaired) electrons. The molecule has 1 aliphatic heterocycles. The largest absolute Gasteiger partial charge is 0.354 e. The maximum atomic E-state index is 9.66. The van der Waals surface area contributed by atoms with E-state index in [1.54, 1.807) is 0 Å². The summed E-state index contributed by atoms with van der Waals surface area (Å²) in [6, 6.07) is 83.2. The van der Waals surface area contributed by atoms with Crippen molar-refractivity contribution in [2.45, 2.75) is 0 Å². The van der Waals surface area contributed by atoms with Crippen molar-refractivity contribution in [1.29, 1.82) is 5.41 Å². The van der Waals surface area contributed by atoms with E-state index in [4.69, 9.17) is 15.0 Å². The van der Waals surface area contributed by atoms with Crippen LogP contribution in [0.1, 0.15) is 27.8 Å². The number of nitrogens with zero attached hydrogens (tertiary/aromatic N) is 3. The molecule has 10 aromatic rings. The predicted molar refractivity (Wildman–Crippen MR) is 276 cm³/mol. The Kier molecular flexibility index (Phi) is 11.1. The van der Waals surface area contributed by atoms with Gasteiger partial charge in [-0.15, -0.1) is 0 Å². The number of nitrogens with one attached hydrogen (secondary N) is 2. The molecule has 0 saturated carbocycles. The van der Waals surface area contributed by atoms with Crippen LogP contribution in [0.5, 0.6) is 0 Å². The summed E-state index contributed by atoms with van der Waals surface area (Å²) in [6.07, 6.45) is 2.22. The number of aromatic nitrogens is 3. The zero-order valence-electron chi connectivity index (χ0n) is 36.5. The number of hydrogen-bond donors (Lipinski definition) is 2. The molecule has 0 spiro atoms. The van der Waals surface area contributed by atoms with Crippen molar-refractivity contribution >= 4 is 28.8 Å². The number of benzene rings is 9. The Bertz CT molecular complexity index is 3370. The monoisotopic (exact) mass is 857 g/mol. The Balaban J connectivity index is 1.04. The highest BCUT2D eigenvalue weighted by Crippen LogP contribution is 2.39. The fraction of sp³-hybridized carbons (Fsp3) is 0. The van der Waals surface area contributed by atoms with Gasteiger partial charge >= 0.3 is 0 Å². The molecule has 5 heteroatoms. The number of fused-ring (bicyclic) bond motifs is 1. The van der Waals surface area contributed by atoms with Crippen LogP contribution in [0.2, 0.25) is 0 Å². The van der Waals surface area contributed by atoms with Crippen molar-refractivity contribution in [2.24, 2.45) is 0 Å². The second-order valence-corrected chi connectivity index (χ2v) is 16.5. The van der Waals surface area contributed by atoms with Gasteiger partial charge in [-0.05, 0) is 80.4 Å². The van der Waals surface area contributed by atoms with Crippen LogP contribution in [0.25, 0.3) is 90.6 Å². The van der Waals surface area contributed by atoms with E-state index in [0.717, 1.165) is 94.9 Å². The van der Waals surface area contributed by atoms with Crippen LogP contribution in [-0.4, -0.2) is 20.7 Å². The average Bonchev–Trinajstić information content (AvgIpc) is 3.42. The molecule has 0 saturated heterocycles. The van der Waals surface area contributed by atoms with Crippen molar-refractivity contribution < 1.29 is 0 Å². The van der Waals surface area contributed by atoms with Crippen LogP contribution in [0.15, 0.2) is 243 Å². The van der Waals surface area contributed by atoms with Crippen molar-refractivity contribution in [3.05, 3.63) is 270 Å². The highest BCUT2D eigenvalue weighted by molar-refractivity contribution is 6.36. The third-order valence-corrected chi connectivity index (χ3v) is 12.1. The van der Waals surface area contributed by atoms with E-state index >= 15 is 0 Å². The molecule has 2 N–H and O–H groups in total. The third-order valence-electron chi connectivity index (χ3n) is 12.1. The number of rotatable bonds is 10. The SMILES string of the molecule is N=C(/C(=C1\NC(c2ccccc2)=Cc2cc(-c3cccc(-c4nc(-c5cccc(-c6ccccc6)c5)nc(-c5cccc(-c6ccccc6)c5)n4)c3)ccc21)c1ccccc1)c1ccccc1. The van der Waals surface area contributed by atoms with Gasteiger partial charge in [0.05, 0.1) is 11.4 Å². The van der Waals surface area contributed by atoms with Crippen LogP contribution >= 0.6 is 0 Å². The number of hydrogen-bond acceptors (Lipinski definition) is 5. The summed E-state index contributed by atoms with van der Waals surface area (Å²) in [4.78, 5) is 15.5. The highest BCUT2D eigenvalue weighted by Gasteiger charge is 2.24. The van der Waals surface area contributed by atoms with E-state index in [2.05, 4.69) is 187 Å². The van der Waals surface area contributed by atoms with E-state index < -0.39 is 0 Å². The molecule has 1 aliphatic rings. The zero-order chi connectivity index (χ0) is 44.9. The van der Waals surface area contributed by atoms with Gasteiger partial charge in [0.15, 0.2) is 17.5 Å². The topological polar surface area (TPSA) is 74.6 Å². The van der Waals surface area contributed by atoms with Crippen LogP contribution in [-0.2, 0) is 0 Å². The summed E-state index contributed by atoms with van der Waals surface area (Å²) in [5, 5.41) is 13.5. The molecule has 2 heterocycles. The molecule has 0 aliphatic carbocycles. The first-order valence-corrected chi connectivity index (χ1v) is 22.4. The highest BCUT2D eigenvalue weighted by atomic mass is 15.0. The summed E-state index contributed by atoms with van der Waals surface area (Å²) in [5.74, 6) is 1.79. The van der Waals surface area contributed by atoms with E-state index in [0.29, 0.717) is 23.2 Å². The van der Waals surface area contributed by atoms with Gasteiger partial charge in [0.1, 0.15) is 0 Å². The van der Waals surface area contributed by atoms with Crippen LogP contribution in [0, 0.1) is 5.41 Å². The standard InChI is InChI=1S/C62H43N5/c63-58(46-27-14-5-15-28-46)57(45-25-12-4-13-26-45)59-55-36-35-50(40-54(55)41-56(64-59)44-23-10-3-11-24-44)49-31-18-34-53(39-49)62-66-60(51-32-16-29-47(37-51)42-19-6-1-7-20-42)65-61(67-62)52-33-17-30-48(38-52)43-21-8-2-9-22-43/h1-41,63-64H/b59-57-,63-58?. The Labute approximate surface area is 390 Å². The third kappa shape index (κ3) is 8.53. The van der Waals surface area contributed by atoms with Gasteiger partial charge in [0.2, 0.25) is 0 Å². The summed E-state index contributed by atoms with van der Waals surface area (Å²) in [6.45, 7) is 0. The quantitative estimate of drug-likeness (QED) is 0.134. The van der Waals surface area contributed by atoms with Crippen molar-refractivity contribution in [3.63, 3.8) is 0 Å². The van der Waals surface area contributed by atoms with E-state index in [1.807, 2.05) is 66.7 Å². The molecule has 0 amide bonds. The first-order valence-electron chi connectivity index (χ1n) is 22.4. The van der Waals surface area contributed by atoms with Crippen molar-refractivity contribution in [1.82, 2.24) is 20.3 Å². The van der Waals surface area contributed by atoms with E-state index in [9.17, 15) is 5.41 Å². The maximum absolute atomic E-state index is 9.66. The van der Waals surface area contributed by atoms with Gasteiger partial charge in [-0.2, -0.15) is 0 Å². The van der Waals surface area contributed by atoms with Crippen LogP contribution < -0.4 is 5.32 Å². The maximum Gasteiger partial charge on any atom is 0.164 e. The second-order valence-electron chi connectivity index (χ2n) is 16.5. The zero-order valence-corrected chi connectivity index (χ0v) is 36.5. The van der Waals surface area contributed by atoms with Gasteiger partial charge in [0, 0.05) is 39.1 Å². The first-order chi connectivity index (χ1) is 33.1. The lowest BCUT2D eigenvalue weighted by Gasteiger charge is -2.26. The van der Waals surface area contributed by atoms with Gasteiger partial charge in [-0.3, -0.25) is 5.41 Å². The Hall–Kier alpha value is -9.06. The average molecular weight is 858 g/mol. The summed E-state index contributed by atoms with van der Waals surface area (Å²) >= 11 is 0. The summed E-state index contributed by atoms with van der Waals surface area (Å²) < 4.78 is 0. The van der Waals surface area contributed by atoms with Crippen LogP contribution in [0.3, 0.4) is 0 Å². The Morgan fingerprint density at radius 2 is 0.701 bits per heavy atom. The fourth-order valence-electron chi connectivity index (χ4n) is 8.76. The smallest absolute Gasteiger partial charge is 0.164 e. The minimum atomic E-state index is 0.445. The lowest BCUT2D eigenvalue weighted by Crippen LogP contribution is -2.20. The molecule has 11 rings (SSSR count). The van der Waals surface area contributed by atoms with Gasteiger partial charge < -0.3 is 5.32 Å². The van der Waals surface area contributed by atoms with Crippen LogP contribution in [0.4, 0.5) is 0 Å². The molecular formula is C62H43N5. The summed E-state index contributed by atoms with van der Waals surface area (Å²) in [5.41, 5.74) is 17.2. The molecule has 0 atom stereocenters. The molecule has 9 aromatic carbocycles. The van der Waals surface area contributed by atoms with Gasteiger partial charge in [0.25, 0.3) is 0 Å². The molecule has 1 aromatic heterocycles. The predicted octanol–water partition coefficient (Wildman–Crippen LogP) is 14.9. The molecule has 0 unspecified atom stereocenters. The van der Waals surface area contributed by atoms with Gasteiger partial charge in [-0.1, -0.05) is 218 Å². The van der Waals surface area contributed by atoms with Crippen molar-refractivity contribution in [3.8, 4) is 67.5 Å². The van der Waals surface area contributed by atoms with Crippen molar-refractivity contribution in [2.75, 3.05) is 0 Å². The molecular weight excluding hydrogens is 815 g/mol. The lowest BCUT2D eigenvalue weighted by molar-refractivity contribution is 1.07. The molecule has 0 fully saturated rings. The summed E-state index contributed by atoms with van der Waals surface area (Å²) in [7, 11) is 0. The second kappa shape index (κ2) is 18.2. The minimum Gasteiger partial charge on any atom is -0.354 e. The Morgan fingerprint density at radius 3 is 1.18 bits per heavy atom. The molecule has 67 heavy (non-hydrogen) atoms. The lowest BCUT2D eigenvalue weighted by atomic mass is 9.87. The Morgan fingerprint density at radius 1 is 0.328 bits per heavy atom. The number of allylic oxidation sites excluding steroid dienone is 1. The molecule has 316 valence electrons. The van der Waals surface area contributed by atoms with E-state index in [-0.39, 0.29) is 0 Å². The molecule has 5 nitrogen and oxygen atoms in total. The molecule has 0 bridgehead atoms. The minimum absolute atomic E-state index is 0.445. The first kappa shape index (κ1) is 40.7. The normalized spacial score (nSPS) is 12.6.